The second kappa shape index (κ2) is 7.48. The molecule has 3 heterocycles. The molecule has 7 heteroatoms. The molecule has 0 amide bonds. The highest BCUT2D eigenvalue weighted by molar-refractivity contribution is 5.16. The van der Waals surface area contributed by atoms with Gasteiger partial charge in [-0.1, -0.05) is 6.42 Å². The molecule has 2 aromatic heterocycles. The molecule has 1 fully saturated rings. The number of ether oxygens (including phenoxy) is 1. The SMILES string of the molecule is Cc1c(CN2CCn3c(COCC4CCC4)nnc3CC2C)cnn1C. The van der Waals surface area contributed by atoms with Crippen molar-refractivity contribution in [1.82, 2.24) is 29.4 Å². The van der Waals surface area contributed by atoms with Crippen LogP contribution in [0.1, 0.15) is 49.1 Å². The highest BCUT2D eigenvalue weighted by atomic mass is 16.5. The van der Waals surface area contributed by atoms with Gasteiger partial charge in [0.25, 0.3) is 0 Å². The van der Waals surface area contributed by atoms with Gasteiger partial charge in [-0.3, -0.25) is 9.58 Å². The van der Waals surface area contributed by atoms with E-state index in [1.807, 2.05) is 17.9 Å². The standard InChI is InChI=1S/C19H30N6O/c1-14-9-18-21-22-19(13-26-12-16-5-4-6-16)25(18)8-7-24(14)11-17-10-20-23(3)15(17)2/h10,14,16H,4-9,11-13H2,1-3H3. The Bertz CT molecular complexity index is 747. The number of fused-ring (bicyclic) bond motifs is 1. The predicted molar refractivity (Wildman–Crippen MR) is 98.5 cm³/mol. The first-order chi connectivity index (χ1) is 12.6. The van der Waals surface area contributed by atoms with Gasteiger partial charge in [-0.2, -0.15) is 5.10 Å². The van der Waals surface area contributed by atoms with E-state index < -0.39 is 0 Å². The minimum Gasteiger partial charge on any atom is -0.373 e. The summed E-state index contributed by atoms with van der Waals surface area (Å²) in [5.41, 5.74) is 2.55. The normalized spacial score (nSPS) is 21.4. The Balaban J connectivity index is 1.39. The molecule has 4 rings (SSSR count). The molecular weight excluding hydrogens is 328 g/mol. The van der Waals surface area contributed by atoms with Gasteiger partial charge in [0.1, 0.15) is 12.4 Å². The monoisotopic (exact) mass is 358 g/mol. The van der Waals surface area contributed by atoms with E-state index in [4.69, 9.17) is 4.74 Å². The fourth-order valence-electron chi connectivity index (χ4n) is 3.86. The molecule has 1 saturated carbocycles. The molecule has 0 bridgehead atoms. The van der Waals surface area contributed by atoms with Gasteiger partial charge in [0.15, 0.2) is 5.82 Å². The van der Waals surface area contributed by atoms with Gasteiger partial charge in [0.2, 0.25) is 0 Å². The zero-order valence-electron chi connectivity index (χ0n) is 16.2. The first-order valence-electron chi connectivity index (χ1n) is 9.82. The van der Waals surface area contributed by atoms with Crippen molar-refractivity contribution >= 4 is 0 Å². The van der Waals surface area contributed by atoms with Crippen molar-refractivity contribution in [3.63, 3.8) is 0 Å². The maximum absolute atomic E-state index is 5.91. The molecule has 142 valence electrons. The number of aromatic nitrogens is 5. The van der Waals surface area contributed by atoms with Gasteiger partial charge in [-0.25, -0.2) is 0 Å². The highest BCUT2D eigenvalue weighted by Crippen LogP contribution is 2.26. The summed E-state index contributed by atoms with van der Waals surface area (Å²) in [4.78, 5) is 2.53. The molecule has 2 aliphatic rings. The van der Waals surface area contributed by atoms with Crippen molar-refractivity contribution in [1.29, 1.82) is 0 Å². The van der Waals surface area contributed by atoms with Crippen molar-refractivity contribution in [2.24, 2.45) is 13.0 Å². The second-order valence-electron chi connectivity index (χ2n) is 7.90. The summed E-state index contributed by atoms with van der Waals surface area (Å²) in [6, 6.07) is 0.434. The van der Waals surface area contributed by atoms with Crippen LogP contribution >= 0.6 is 0 Å². The molecule has 0 N–H and O–H groups in total. The van der Waals surface area contributed by atoms with E-state index in [0.29, 0.717) is 12.6 Å². The third-order valence-electron chi connectivity index (χ3n) is 6.14. The fourth-order valence-corrected chi connectivity index (χ4v) is 3.86. The first-order valence-corrected chi connectivity index (χ1v) is 9.82. The van der Waals surface area contributed by atoms with Crippen molar-refractivity contribution in [3.8, 4) is 0 Å². The smallest absolute Gasteiger partial charge is 0.159 e. The fraction of sp³-hybridized carbons (Fsp3) is 0.737. The van der Waals surface area contributed by atoms with E-state index in [0.717, 1.165) is 50.2 Å². The van der Waals surface area contributed by atoms with Crippen LogP contribution in [0, 0.1) is 12.8 Å². The Morgan fingerprint density at radius 3 is 2.77 bits per heavy atom. The van der Waals surface area contributed by atoms with Crippen molar-refractivity contribution in [2.45, 2.75) is 65.3 Å². The van der Waals surface area contributed by atoms with E-state index in [-0.39, 0.29) is 0 Å². The van der Waals surface area contributed by atoms with Crippen LogP contribution in [0.2, 0.25) is 0 Å². The second-order valence-corrected chi connectivity index (χ2v) is 7.90. The molecule has 26 heavy (non-hydrogen) atoms. The summed E-state index contributed by atoms with van der Waals surface area (Å²) in [5.74, 6) is 2.83. The Morgan fingerprint density at radius 2 is 2.08 bits per heavy atom. The summed E-state index contributed by atoms with van der Waals surface area (Å²) >= 11 is 0. The molecule has 0 saturated heterocycles. The average Bonchev–Trinajstić information content (AvgIpc) is 3.06. The van der Waals surface area contributed by atoms with Gasteiger partial charge in [-0.15, -0.1) is 10.2 Å². The number of rotatable bonds is 6. The summed E-state index contributed by atoms with van der Waals surface area (Å²) in [6.07, 6.45) is 6.91. The van der Waals surface area contributed by atoms with Crippen LogP contribution in [0.5, 0.6) is 0 Å². The van der Waals surface area contributed by atoms with Gasteiger partial charge in [-0.05, 0) is 32.6 Å². The molecule has 0 radical (unpaired) electrons. The quantitative estimate of drug-likeness (QED) is 0.791. The molecule has 7 nitrogen and oxygen atoms in total. The third-order valence-corrected chi connectivity index (χ3v) is 6.14. The molecule has 0 spiro atoms. The number of aryl methyl sites for hydroxylation is 1. The lowest BCUT2D eigenvalue weighted by Crippen LogP contribution is -2.34. The summed E-state index contributed by atoms with van der Waals surface area (Å²) < 4.78 is 10.1. The van der Waals surface area contributed by atoms with E-state index in [1.54, 1.807) is 0 Å². The largest absolute Gasteiger partial charge is 0.373 e. The number of hydrogen-bond donors (Lipinski definition) is 0. The Labute approximate surface area is 155 Å². The lowest BCUT2D eigenvalue weighted by atomic mass is 9.86. The lowest BCUT2D eigenvalue weighted by molar-refractivity contribution is 0.0542. The Hall–Kier alpha value is -1.73. The Kier molecular flexibility index (Phi) is 5.09. The van der Waals surface area contributed by atoms with E-state index in [2.05, 4.69) is 38.6 Å². The minimum absolute atomic E-state index is 0.434. The first kappa shape index (κ1) is 17.7. The van der Waals surface area contributed by atoms with Crippen LogP contribution in [0.4, 0.5) is 0 Å². The van der Waals surface area contributed by atoms with Crippen molar-refractivity contribution < 1.29 is 4.74 Å². The summed E-state index contributed by atoms with van der Waals surface area (Å²) in [6.45, 7) is 8.72. The molecule has 1 aliphatic carbocycles. The predicted octanol–water partition coefficient (Wildman–Crippen LogP) is 2.08. The third kappa shape index (κ3) is 3.55. The number of hydrogen-bond acceptors (Lipinski definition) is 5. The van der Waals surface area contributed by atoms with Crippen molar-refractivity contribution in [2.75, 3.05) is 13.2 Å². The van der Waals surface area contributed by atoms with Crippen LogP contribution in [0.15, 0.2) is 6.20 Å². The van der Waals surface area contributed by atoms with Crippen molar-refractivity contribution in [3.05, 3.63) is 29.1 Å². The molecule has 1 aliphatic heterocycles. The van der Waals surface area contributed by atoms with Gasteiger partial charge >= 0.3 is 0 Å². The zero-order valence-corrected chi connectivity index (χ0v) is 16.2. The topological polar surface area (TPSA) is 61.0 Å². The van der Waals surface area contributed by atoms with Crippen LogP contribution in [0.3, 0.4) is 0 Å². The summed E-state index contributed by atoms with van der Waals surface area (Å²) in [5, 5.41) is 13.2. The van der Waals surface area contributed by atoms with Gasteiger partial charge in [0, 0.05) is 57.0 Å². The zero-order chi connectivity index (χ0) is 18.1. The number of nitrogens with zero attached hydrogens (tertiary/aromatic N) is 6. The average molecular weight is 358 g/mol. The summed E-state index contributed by atoms with van der Waals surface area (Å²) in [7, 11) is 2.00. The Morgan fingerprint density at radius 1 is 1.23 bits per heavy atom. The maximum Gasteiger partial charge on any atom is 0.159 e. The van der Waals surface area contributed by atoms with Gasteiger partial charge in [0.05, 0.1) is 6.20 Å². The van der Waals surface area contributed by atoms with E-state index >= 15 is 0 Å². The van der Waals surface area contributed by atoms with Crippen LogP contribution in [-0.2, 0) is 37.9 Å². The molecule has 1 atom stereocenters. The van der Waals surface area contributed by atoms with Crippen LogP contribution < -0.4 is 0 Å². The minimum atomic E-state index is 0.434. The maximum atomic E-state index is 5.91. The van der Waals surface area contributed by atoms with Gasteiger partial charge < -0.3 is 9.30 Å². The van der Waals surface area contributed by atoms with E-state index in [9.17, 15) is 0 Å². The molecule has 2 aromatic rings. The van der Waals surface area contributed by atoms with Crippen LogP contribution in [0.25, 0.3) is 0 Å². The van der Waals surface area contributed by atoms with Crippen LogP contribution in [-0.4, -0.2) is 48.6 Å². The molecule has 0 aromatic carbocycles. The molecule has 1 unspecified atom stereocenters. The lowest BCUT2D eigenvalue weighted by Gasteiger charge is -2.26. The van der Waals surface area contributed by atoms with E-state index in [1.165, 1.54) is 30.5 Å². The highest BCUT2D eigenvalue weighted by Gasteiger charge is 2.25. The molecular formula is C19H30N6O.